The maximum atomic E-state index is 12.8. The molecule has 1 N–H and O–H groups in total. The van der Waals surface area contributed by atoms with Gasteiger partial charge in [-0.05, 0) is 40.7 Å². The fourth-order valence-corrected chi connectivity index (χ4v) is 2.98. The Labute approximate surface area is 170 Å². The Morgan fingerprint density at radius 1 is 1.17 bits per heavy atom. The number of rotatable bonds is 5. The molecule has 29 heavy (non-hydrogen) atoms. The molecule has 0 bridgehead atoms. The topological polar surface area (TPSA) is 86.1 Å². The molecule has 7 nitrogen and oxygen atoms in total. The fraction of sp³-hybridized carbons (Fsp3) is 0.364. The molecule has 2 aromatic heterocycles. The van der Waals surface area contributed by atoms with Gasteiger partial charge in [0.25, 0.3) is 5.91 Å². The van der Waals surface area contributed by atoms with Gasteiger partial charge in [-0.3, -0.25) is 4.79 Å². The number of hydrogen-bond donors (Lipinski definition) is 1. The van der Waals surface area contributed by atoms with Crippen LogP contribution in [0.3, 0.4) is 0 Å². The van der Waals surface area contributed by atoms with Crippen LogP contribution < -0.4 is 5.32 Å². The van der Waals surface area contributed by atoms with E-state index in [1.54, 1.807) is 16.9 Å². The molecule has 1 amide bonds. The van der Waals surface area contributed by atoms with Crippen LogP contribution in [0.4, 0.5) is 0 Å². The third-order valence-corrected chi connectivity index (χ3v) is 4.19. The largest absolute Gasteiger partial charge is 0.452 e. The number of amides is 1. The Morgan fingerprint density at radius 3 is 2.48 bits per heavy atom. The molecule has 3 aromatic rings. The molecule has 2 heterocycles. The number of carbonyl (C=O) groups excluding carboxylic acids is 2. The Morgan fingerprint density at radius 2 is 1.86 bits per heavy atom. The molecule has 0 saturated heterocycles. The number of fused-ring (bicyclic) bond motifs is 1. The third kappa shape index (κ3) is 4.80. The second kappa shape index (κ2) is 8.03. The zero-order valence-corrected chi connectivity index (χ0v) is 17.4. The molecule has 7 heteroatoms. The quantitative estimate of drug-likeness (QED) is 0.666. The molecule has 0 aliphatic carbocycles. The summed E-state index contributed by atoms with van der Waals surface area (Å²) < 4.78 is 7.06. The fourth-order valence-electron chi connectivity index (χ4n) is 2.98. The van der Waals surface area contributed by atoms with Crippen molar-refractivity contribution >= 4 is 22.9 Å². The van der Waals surface area contributed by atoms with Crippen molar-refractivity contribution in [2.45, 2.75) is 46.2 Å². The summed E-state index contributed by atoms with van der Waals surface area (Å²) in [4.78, 5) is 29.6. The zero-order chi connectivity index (χ0) is 21.2. The van der Waals surface area contributed by atoms with Crippen molar-refractivity contribution in [3.8, 4) is 11.3 Å². The number of nitrogens with zero attached hydrogens (tertiary/aromatic N) is 3. The van der Waals surface area contributed by atoms with Gasteiger partial charge in [-0.1, -0.05) is 30.3 Å². The van der Waals surface area contributed by atoms with Gasteiger partial charge in [0.05, 0.1) is 22.8 Å². The molecule has 0 spiro atoms. The van der Waals surface area contributed by atoms with E-state index in [0.29, 0.717) is 22.3 Å². The number of benzene rings is 1. The van der Waals surface area contributed by atoms with E-state index in [9.17, 15) is 9.59 Å². The van der Waals surface area contributed by atoms with E-state index in [2.05, 4.69) is 10.4 Å². The number of esters is 1. The van der Waals surface area contributed by atoms with Gasteiger partial charge in [-0.2, -0.15) is 5.10 Å². The summed E-state index contributed by atoms with van der Waals surface area (Å²) in [6.45, 7) is 9.25. The number of aromatic nitrogens is 3. The minimum absolute atomic E-state index is 0.0763. The monoisotopic (exact) mass is 394 g/mol. The van der Waals surface area contributed by atoms with Crippen molar-refractivity contribution in [3.05, 3.63) is 48.2 Å². The minimum atomic E-state index is -0.582. The highest BCUT2D eigenvalue weighted by atomic mass is 16.5. The van der Waals surface area contributed by atoms with Crippen LogP contribution in [0.15, 0.2) is 42.6 Å². The van der Waals surface area contributed by atoms with Gasteiger partial charge in [-0.25, -0.2) is 14.5 Å². The summed E-state index contributed by atoms with van der Waals surface area (Å²) in [7, 11) is 0. The van der Waals surface area contributed by atoms with E-state index in [1.807, 2.05) is 65.0 Å². The van der Waals surface area contributed by atoms with Crippen LogP contribution in [0.5, 0.6) is 0 Å². The maximum absolute atomic E-state index is 12.8. The smallest absolute Gasteiger partial charge is 0.339 e. The molecule has 0 saturated carbocycles. The highest BCUT2D eigenvalue weighted by Gasteiger charge is 2.21. The molecule has 0 fully saturated rings. The molecule has 3 rings (SSSR count). The maximum Gasteiger partial charge on any atom is 0.339 e. The summed E-state index contributed by atoms with van der Waals surface area (Å²) in [5.74, 6) is -0.931. The highest BCUT2D eigenvalue weighted by Crippen LogP contribution is 2.26. The van der Waals surface area contributed by atoms with E-state index >= 15 is 0 Å². The van der Waals surface area contributed by atoms with Crippen molar-refractivity contribution in [2.75, 3.05) is 6.61 Å². The van der Waals surface area contributed by atoms with Crippen LogP contribution in [0.2, 0.25) is 0 Å². The molecule has 152 valence electrons. The normalized spacial score (nSPS) is 11.7. The molecular formula is C22H26N4O3. The average Bonchev–Trinajstić information content (AvgIpc) is 3.09. The van der Waals surface area contributed by atoms with E-state index < -0.39 is 11.5 Å². The van der Waals surface area contributed by atoms with E-state index in [0.717, 1.165) is 5.56 Å². The molecule has 0 radical (unpaired) electrons. The average molecular weight is 394 g/mol. The van der Waals surface area contributed by atoms with E-state index in [-0.39, 0.29) is 18.6 Å². The molecule has 1 aromatic carbocycles. The van der Waals surface area contributed by atoms with Gasteiger partial charge in [0.1, 0.15) is 0 Å². The van der Waals surface area contributed by atoms with Gasteiger partial charge >= 0.3 is 5.97 Å². The predicted octanol–water partition coefficient (Wildman–Crippen LogP) is 3.75. The summed E-state index contributed by atoms with van der Waals surface area (Å²) in [5.41, 5.74) is 2.07. The summed E-state index contributed by atoms with van der Waals surface area (Å²) in [6, 6.07) is 11.4. The minimum Gasteiger partial charge on any atom is -0.452 e. The number of carbonyl (C=O) groups is 2. The second-order valence-electron chi connectivity index (χ2n) is 8.22. The molecular weight excluding hydrogens is 368 g/mol. The van der Waals surface area contributed by atoms with Crippen molar-refractivity contribution in [2.24, 2.45) is 0 Å². The predicted molar refractivity (Wildman–Crippen MR) is 112 cm³/mol. The van der Waals surface area contributed by atoms with Crippen LogP contribution in [0, 0.1) is 0 Å². The highest BCUT2D eigenvalue weighted by molar-refractivity contribution is 6.04. The molecule has 0 aliphatic heterocycles. The van der Waals surface area contributed by atoms with Crippen molar-refractivity contribution in [1.29, 1.82) is 0 Å². The van der Waals surface area contributed by atoms with Crippen molar-refractivity contribution in [3.63, 3.8) is 0 Å². The summed E-state index contributed by atoms with van der Waals surface area (Å²) in [6.07, 6.45) is 1.61. The third-order valence-electron chi connectivity index (χ3n) is 4.19. The number of nitrogens with one attached hydrogen (secondary N) is 1. The Kier molecular flexibility index (Phi) is 5.68. The van der Waals surface area contributed by atoms with Crippen LogP contribution in [0.1, 0.15) is 51.0 Å². The number of ether oxygens (including phenoxy) is 1. The Balaban J connectivity index is 1.97. The van der Waals surface area contributed by atoms with Gasteiger partial charge in [0.2, 0.25) is 0 Å². The van der Waals surface area contributed by atoms with Crippen molar-refractivity contribution in [1.82, 2.24) is 20.1 Å². The molecule has 0 atom stereocenters. The first-order valence-corrected chi connectivity index (χ1v) is 9.57. The Bertz CT molecular complexity index is 1030. The molecule has 0 aliphatic rings. The first-order valence-electron chi connectivity index (χ1n) is 9.57. The lowest BCUT2D eigenvalue weighted by atomic mass is 10.1. The lowest BCUT2D eigenvalue weighted by Gasteiger charge is -2.20. The lowest BCUT2D eigenvalue weighted by Crippen LogP contribution is -2.42. The first-order chi connectivity index (χ1) is 13.7. The standard InChI is InChI=1S/C22H26N4O3/c1-14(2)26-20-17(12-23-26)16(11-18(24-20)15-9-7-6-8-10-15)21(28)29-13-19(27)25-22(3,4)5/h6-12,14H,13H2,1-5H3,(H,25,27). The molecule has 0 unspecified atom stereocenters. The second-order valence-corrected chi connectivity index (χ2v) is 8.22. The lowest BCUT2D eigenvalue weighted by molar-refractivity contribution is -0.125. The van der Waals surface area contributed by atoms with E-state index in [1.165, 1.54) is 0 Å². The van der Waals surface area contributed by atoms with Crippen LogP contribution >= 0.6 is 0 Å². The SMILES string of the molecule is CC(C)n1ncc2c(C(=O)OCC(=O)NC(C)(C)C)cc(-c3ccccc3)nc21. The van der Waals surface area contributed by atoms with Crippen LogP contribution in [-0.4, -0.2) is 38.8 Å². The zero-order valence-electron chi connectivity index (χ0n) is 17.4. The van der Waals surface area contributed by atoms with Gasteiger partial charge in [0, 0.05) is 17.1 Å². The van der Waals surface area contributed by atoms with Crippen molar-refractivity contribution < 1.29 is 14.3 Å². The van der Waals surface area contributed by atoms with Gasteiger partial charge in [0.15, 0.2) is 12.3 Å². The van der Waals surface area contributed by atoms with Crippen LogP contribution in [-0.2, 0) is 9.53 Å². The van der Waals surface area contributed by atoms with Crippen LogP contribution in [0.25, 0.3) is 22.3 Å². The number of hydrogen-bond acceptors (Lipinski definition) is 5. The first kappa shape index (κ1) is 20.5. The summed E-state index contributed by atoms with van der Waals surface area (Å²) in [5, 5.41) is 7.75. The van der Waals surface area contributed by atoms with E-state index in [4.69, 9.17) is 9.72 Å². The Hall–Kier alpha value is -3.22. The summed E-state index contributed by atoms with van der Waals surface area (Å²) >= 11 is 0. The number of pyridine rings is 1. The van der Waals surface area contributed by atoms with Gasteiger partial charge in [-0.15, -0.1) is 0 Å². The van der Waals surface area contributed by atoms with Gasteiger partial charge < -0.3 is 10.1 Å².